The maximum atomic E-state index is 12.4. The third kappa shape index (κ3) is 1.90. The highest BCUT2D eigenvalue weighted by molar-refractivity contribution is 6.05. The van der Waals surface area contributed by atoms with Gasteiger partial charge < -0.3 is 9.13 Å². The number of allylic oxidation sites excluding steroid dienone is 2. The lowest BCUT2D eigenvalue weighted by Crippen LogP contribution is -2.14. The molecule has 0 amide bonds. The molecule has 0 saturated carbocycles. The Bertz CT molecular complexity index is 579. The van der Waals surface area contributed by atoms with Gasteiger partial charge in [0, 0.05) is 36.2 Å². The number of aromatic nitrogens is 4. The predicted octanol–water partition coefficient (Wildman–Crippen LogP) is 2.29. The molecule has 0 spiro atoms. The first-order valence-corrected chi connectivity index (χ1v) is 5.45. The number of hydrogen-bond donors (Lipinski definition) is 0. The third-order valence-electron chi connectivity index (χ3n) is 2.51. The van der Waals surface area contributed by atoms with E-state index < -0.39 is 0 Å². The lowest BCUT2D eigenvalue weighted by molar-refractivity contribution is 0.101. The highest BCUT2D eigenvalue weighted by Crippen LogP contribution is 2.13. The Morgan fingerprint density at radius 2 is 1.39 bits per heavy atom. The molecule has 0 aromatic carbocycles. The fourth-order valence-corrected chi connectivity index (χ4v) is 1.66. The molecule has 5 heteroatoms. The van der Waals surface area contributed by atoms with Gasteiger partial charge in [-0.15, -0.1) is 0 Å². The topological polar surface area (TPSA) is 52.7 Å². The van der Waals surface area contributed by atoms with Crippen LogP contribution in [0, 0.1) is 0 Å². The normalized spacial score (nSPS) is 10.3. The first kappa shape index (κ1) is 12.0. The van der Waals surface area contributed by atoms with E-state index in [9.17, 15) is 4.79 Å². The van der Waals surface area contributed by atoms with E-state index in [2.05, 4.69) is 23.1 Å². The van der Waals surface area contributed by atoms with Gasteiger partial charge in [-0.1, -0.05) is 13.2 Å². The minimum atomic E-state index is -0.254. The van der Waals surface area contributed by atoms with Gasteiger partial charge in [-0.2, -0.15) is 0 Å². The monoisotopic (exact) mass is 242 g/mol. The van der Waals surface area contributed by atoms with Crippen molar-refractivity contribution in [3.63, 3.8) is 0 Å². The first-order chi connectivity index (χ1) is 8.52. The van der Waals surface area contributed by atoms with Crippen LogP contribution >= 0.6 is 0 Å². The van der Waals surface area contributed by atoms with Gasteiger partial charge in [0.15, 0.2) is 11.6 Å². The van der Waals surface area contributed by atoms with Gasteiger partial charge in [-0.25, -0.2) is 9.97 Å². The summed E-state index contributed by atoms with van der Waals surface area (Å²) in [6, 6.07) is 0. The Morgan fingerprint density at radius 1 is 1.00 bits per heavy atom. The molecule has 0 saturated heterocycles. The molecule has 5 nitrogen and oxygen atoms in total. The van der Waals surface area contributed by atoms with Gasteiger partial charge in [-0.3, -0.25) is 4.79 Å². The Labute approximate surface area is 105 Å². The van der Waals surface area contributed by atoms with Crippen molar-refractivity contribution in [2.45, 2.75) is 13.8 Å². The Balaban J connectivity index is 2.48. The molecule has 0 atom stereocenters. The standard InChI is InChI=1S/C13H14N4O/c1-9(2)16-7-5-14-12(16)11(18)13-15-6-8-17(13)10(3)4/h5-8H,1,3H2,2,4H3. The van der Waals surface area contributed by atoms with E-state index in [0.29, 0.717) is 11.6 Å². The maximum absolute atomic E-state index is 12.4. The minimum absolute atomic E-state index is 0.254. The molecule has 0 unspecified atom stereocenters. The lowest BCUT2D eigenvalue weighted by Gasteiger charge is -2.07. The fraction of sp³-hybridized carbons (Fsp3) is 0.154. The second-order valence-corrected chi connectivity index (χ2v) is 4.04. The SMILES string of the molecule is C=C(C)n1ccnc1C(=O)c1nccn1C(=C)C. The summed E-state index contributed by atoms with van der Waals surface area (Å²) in [6.07, 6.45) is 6.53. The van der Waals surface area contributed by atoms with Crippen LogP contribution in [0.2, 0.25) is 0 Å². The van der Waals surface area contributed by atoms with Crippen LogP contribution in [0.1, 0.15) is 30.3 Å². The van der Waals surface area contributed by atoms with Gasteiger partial charge >= 0.3 is 0 Å². The molecule has 2 aromatic heterocycles. The summed E-state index contributed by atoms with van der Waals surface area (Å²) in [5.74, 6) is 0.350. The molecule has 0 aliphatic rings. The average molecular weight is 242 g/mol. The van der Waals surface area contributed by atoms with Crippen molar-refractivity contribution in [2.24, 2.45) is 0 Å². The predicted molar refractivity (Wildman–Crippen MR) is 69.9 cm³/mol. The summed E-state index contributed by atoms with van der Waals surface area (Å²) >= 11 is 0. The summed E-state index contributed by atoms with van der Waals surface area (Å²) in [4.78, 5) is 20.5. The number of nitrogens with zero attached hydrogens (tertiary/aromatic N) is 4. The van der Waals surface area contributed by atoms with Crippen molar-refractivity contribution in [1.29, 1.82) is 0 Å². The third-order valence-corrected chi connectivity index (χ3v) is 2.51. The molecule has 0 bridgehead atoms. The molecule has 0 aliphatic heterocycles. The Morgan fingerprint density at radius 3 is 1.72 bits per heavy atom. The number of hydrogen-bond acceptors (Lipinski definition) is 3. The largest absolute Gasteiger partial charge is 0.302 e. The number of carbonyl (C=O) groups excluding carboxylic acids is 1. The fourth-order valence-electron chi connectivity index (χ4n) is 1.66. The summed E-state index contributed by atoms with van der Waals surface area (Å²) in [7, 11) is 0. The molecule has 18 heavy (non-hydrogen) atoms. The van der Waals surface area contributed by atoms with Crippen molar-refractivity contribution in [3.8, 4) is 0 Å². The molecule has 92 valence electrons. The number of carbonyl (C=O) groups is 1. The molecule has 2 heterocycles. The molecule has 2 rings (SSSR count). The van der Waals surface area contributed by atoms with Crippen molar-refractivity contribution in [2.75, 3.05) is 0 Å². The van der Waals surface area contributed by atoms with E-state index in [4.69, 9.17) is 0 Å². The zero-order chi connectivity index (χ0) is 13.3. The number of ketones is 1. The van der Waals surface area contributed by atoms with Gasteiger partial charge in [-0.05, 0) is 13.8 Å². The van der Waals surface area contributed by atoms with Gasteiger partial charge in [0.25, 0.3) is 5.78 Å². The van der Waals surface area contributed by atoms with E-state index in [-0.39, 0.29) is 5.78 Å². The highest BCUT2D eigenvalue weighted by Gasteiger charge is 2.20. The quantitative estimate of drug-likeness (QED) is 0.773. The molecular weight excluding hydrogens is 228 g/mol. The van der Waals surface area contributed by atoms with Crippen LogP contribution in [0.15, 0.2) is 37.9 Å². The maximum Gasteiger partial charge on any atom is 0.264 e. The molecule has 0 radical (unpaired) electrons. The summed E-state index contributed by atoms with van der Waals surface area (Å²) in [5.41, 5.74) is 1.45. The number of rotatable bonds is 4. The van der Waals surface area contributed by atoms with Crippen LogP contribution in [0.4, 0.5) is 0 Å². The Hall–Kier alpha value is -2.43. The van der Waals surface area contributed by atoms with E-state index in [1.165, 1.54) is 0 Å². The summed E-state index contributed by atoms with van der Waals surface area (Å²) in [6.45, 7) is 11.2. The van der Waals surface area contributed by atoms with Crippen LogP contribution < -0.4 is 0 Å². The first-order valence-electron chi connectivity index (χ1n) is 5.45. The van der Waals surface area contributed by atoms with Crippen LogP contribution in [0.5, 0.6) is 0 Å². The van der Waals surface area contributed by atoms with Crippen molar-refractivity contribution < 1.29 is 4.79 Å². The van der Waals surface area contributed by atoms with Gasteiger partial charge in [0.2, 0.25) is 0 Å². The zero-order valence-electron chi connectivity index (χ0n) is 10.4. The van der Waals surface area contributed by atoms with Crippen LogP contribution in [-0.2, 0) is 0 Å². The average Bonchev–Trinajstić information content (AvgIpc) is 2.97. The smallest absolute Gasteiger partial charge is 0.264 e. The highest BCUT2D eigenvalue weighted by atomic mass is 16.1. The van der Waals surface area contributed by atoms with Crippen LogP contribution in [0.3, 0.4) is 0 Å². The van der Waals surface area contributed by atoms with E-state index in [1.807, 2.05) is 13.8 Å². The zero-order valence-corrected chi connectivity index (χ0v) is 10.4. The Kier molecular flexibility index (Phi) is 2.97. The molecule has 0 N–H and O–H groups in total. The van der Waals surface area contributed by atoms with Crippen LogP contribution in [0.25, 0.3) is 11.4 Å². The lowest BCUT2D eigenvalue weighted by atomic mass is 10.3. The molecule has 0 aliphatic carbocycles. The molecular formula is C13H14N4O. The van der Waals surface area contributed by atoms with E-state index in [0.717, 1.165) is 11.4 Å². The molecule has 0 fully saturated rings. The van der Waals surface area contributed by atoms with Gasteiger partial charge in [0.05, 0.1) is 0 Å². The van der Waals surface area contributed by atoms with Crippen molar-refractivity contribution in [1.82, 2.24) is 19.1 Å². The summed E-state index contributed by atoms with van der Waals surface area (Å²) < 4.78 is 3.28. The number of imidazole rings is 2. The van der Waals surface area contributed by atoms with Crippen molar-refractivity contribution in [3.05, 3.63) is 49.6 Å². The second kappa shape index (κ2) is 4.44. The minimum Gasteiger partial charge on any atom is -0.302 e. The van der Waals surface area contributed by atoms with Crippen molar-refractivity contribution >= 4 is 17.2 Å². The molecule has 2 aromatic rings. The van der Waals surface area contributed by atoms with E-state index >= 15 is 0 Å². The van der Waals surface area contributed by atoms with E-state index in [1.54, 1.807) is 33.9 Å². The van der Waals surface area contributed by atoms with Crippen LogP contribution in [-0.4, -0.2) is 24.9 Å². The van der Waals surface area contributed by atoms with Gasteiger partial charge in [0.1, 0.15) is 0 Å². The second-order valence-electron chi connectivity index (χ2n) is 4.04. The summed E-state index contributed by atoms with van der Waals surface area (Å²) in [5, 5.41) is 0.